The zero-order valence-electron chi connectivity index (χ0n) is 12.6. The van der Waals surface area contributed by atoms with E-state index in [1.54, 1.807) is 18.2 Å². The van der Waals surface area contributed by atoms with Crippen LogP contribution in [-0.4, -0.2) is 7.11 Å². The number of hydrogen-bond acceptors (Lipinski definition) is 1. The van der Waals surface area contributed by atoms with E-state index in [4.69, 9.17) is 4.74 Å². The van der Waals surface area contributed by atoms with Gasteiger partial charge in [-0.2, -0.15) is 0 Å². The van der Waals surface area contributed by atoms with Gasteiger partial charge in [0, 0.05) is 0 Å². The first-order valence-corrected chi connectivity index (χ1v) is 8.06. The van der Waals surface area contributed by atoms with Gasteiger partial charge in [0.2, 0.25) is 0 Å². The van der Waals surface area contributed by atoms with Crippen LogP contribution in [0.5, 0.6) is 5.75 Å². The van der Waals surface area contributed by atoms with Crippen molar-refractivity contribution in [2.45, 2.75) is 44.9 Å². The molecule has 0 N–H and O–H groups in total. The van der Waals surface area contributed by atoms with Crippen LogP contribution in [0.1, 0.15) is 49.7 Å². The predicted octanol–water partition coefficient (Wildman–Crippen LogP) is 4.72. The molecule has 1 saturated carbocycles. The summed E-state index contributed by atoms with van der Waals surface area (Å²) in [5.74, 6) is 3.59. The number of methoxy groups -OCH3 is 1. The summed E-state index contributed by atoms with van der Waals surface area (Å²) >= 11 is 0. The monoisotopic (exact) mass is 268 g/mol. The average molecular weight is 268 g/mol. The summed E-state index contributed by atoms with van der Waals surface area (Å²) in [5.41, 5.74) is 3.65. The van der Waals surface area contributed by atoms with E-state index in [0.29, 0.717) is 5.41 Å². The second kappa shape index (κ2) is 4.38. The lowest BCUT2D eigenvalue weighted by molar-refractivity contribution is 0.0826. The lowest BCUT2D eigenvalue weighted by atomic mass is 9.56. The van der Waals surface area contributed by atoms with Gasteiger partial charge in [-0.15, -0.1) is 0 Å². The van der Waals surface area contributed by atoms with Crippen LogP contribution >= 0.6 is 0 Å². The number of ether oxygens (including phenoxy) is 1. The molecule has 0 aliphatic heterocycles. The minimum absolute atomic E-state index is 0.491. The van der Waals surface area contributed by atoms with Crippen molar-refractivity contribution in [3.05, 3.63) is 41.5 Å². The van der Waals surface area contributed by atoms with Crippen LogP contribution in [-0.2, 0) is 6.42 Å². The van der Waals surface area contributed by atoms with Crippen molar-refractivity contribution in [1.29, 1.82) is 0 Å². The van der Waals surface area contributed by atoms with Crippen LogP contribution in [0, 0.1) is 17.3 Å². The molecule has 1 fully saturated rings. The standard InChI is InChI=1S/C19H24O/c1-19-10-3-4-18(19)17-7-5-13-12-14(20-2)6-8-15(13)16(17)9-11-19/h3,6,8,10,12,16-18H,4-5,7,9,11H2,1-2H3/t16-,17+,18+,19-/m0/s1. The highest BCUT2D eigenvalue weighted by atomic mass is 16.5. The Balaban J connectivity index is 1.70. The third-order valence-corrected chi connectivity index (χ3v) is 6.26. The molecule has 0 bridgehead atoms. The van der Waals surface area contributed by atoms with E-state index in [-0.39, 0.29) is 0 Å². The molecule has 0 aromatic heterocycles. The summed E-state index contributed by atoms with van der Waals surface area (Å²) in [7, 11) is 1.77. The molecule has 4 atom stereocenters. The van der Waals surface area contributed by atoms with Crippen LogP contribution in [0.15, 0.2) is 30.4 Å². The van der Waals surface area contributed by atoms with Gasteiger partial charge in [0.15, 0.2) is 0 Å². The molecule has 3 aliphatic carbocycles. The summed E-state index contributed by atoms with van der Waals surface area (Å²) in [4.78, 5) is 0. The highest BCUT2D eigenvalue weighted by Gasteiger charge is 2.48. The molecule has 1 aromatic carbocycles. The Morgan fingerprint density at radius 2 is 2.15 bits per heavy atom. The van der Waals surface area contributed by atoms with Crippen LogP contribution in [0.3, 0.4) is 0 Å². The first-order chi connectivity index (χ1) is 9.71. The lowest BCUT2D eigenvalue weighted by Crippen LogP contribution is -2.39. The quantitative estimate of drug-likeness (QED) is 0.670. The fourth-order valence-corrected chi connectivity index (χ4v) is 5.17. The molecule has 1 heteroatoms. The number of rotatable bonds is 1. The van der Waals surface area contributed by atoms with Crippen LogP contribution in [0.2, 0.25) is 0 Å². The van der Waals surface area contributed by atoms with Crippen LogP contribution in [0.4, 0.5) is 0 Å². The summed E-state index contributed by atoms with van der Waals surface area (Å²) in [5, 5.41) is 0. The smallest absolute Gasteiger partial charge is 0.119 e. The Hall–Kier alpha value is -1.24. The van der Waals surface area contributed by atoms with Gasteiger partial charge in [-0.1, -0.05) is 25.1 Å². The molecule has 0 radical (unpaired) electrons. The third-order valence-electron chi connectivity index (χ3n) is 6.26. The number of fused-ring (bicyclic) bond motifs is 5. The average Bonchev–Trinajstić information content (AvgIpc) is 2.88. The number of hydrogen-bond donors (Lipinski definition) is 0. The topological polar surface area (TPSA) is 9.23 Å². The molecule has 0 saturated heterocycles. The lowest BCUT2D eigenvalue weighted by Gasteiger charge is -2.49. The van der Waals surface area contributed by atoms with Crippen LogP contribution in [0.25, 0.3) is 0 Å². The first kappa shape index (κ1) is 12.5. The van der Waals surface area contributed by atoms with E-state index in [1.165, 1.54) is 32.1 Å². The van der Waals surface area contributed by atoms with Crippen LogP contribution < -0.4 is 4.74 Å². The van der Waals surface area contributed by atoms with E-state index in [1.807, 2.05) is 0 Å². The number of benzene rings is 1. The first-order valence-electron chi connectivity index (χ1n) is 8.06. The van der Waals surface area contributed by atoms with Crippen molar-refractivity contribution < 1.29 is 4.74 Å². The molecule has 20 heavy (non-hydrogen) atoms. The van der Waals surface area contributed by atoms with Gasteiger partial charge < -0.3 is 4.74 Å². The maximum atomic E-state index is 5.39. The van der Waals surface area contributed by atoms with Gasteiger partial charge in [-0.25, -0.2) is 0 Å². The van der Waals surface area contributed by atoms with Gasteiger partial charge in [0.05, 0.1) is 7.11 Å². The molecule has 106 valence electrons. The largest absolute Gasteiger partial charge is 0.497 e. The summed E-state index contributed by atoms with van der Waals surface area (Å²) in [6, 6.07) is 6.77. The molecular weight excluding hydrogens is 244 g/mol. The fourth-order valence-electron chi connectivity index (χ4n) is 5.17. The van der Waals surface area contributed by atoms with Crippen molar-refractivity contribution in [2.75, 3.05) is 7.11 Å². The van der Waals surface area contributed by atoms with Crippen molar-refractivity contribution in [3.8, 4) is 5.75 Å². The Bertz CT molecular complexity index is 559. The highest BCUT2D eigenvalue weighted by molar-refractivity contribution is 5.41. The SMILES string of the molecule is COc1ccc2c(c1)CC[C@H]1[C@H]3CC=C[C@@]3(C)CC[C@@H]21. The van der Waals surface area contributed by atoms with Gasteiger partial charge in [-0.05, 0) is 78.5 Å². The fraction of sp³-hybridized carbons (Fsp3) is 0.579. The summed E-state index contributed by atoms with van der Waals surface area (Å²) in [6.45, 7) is 2.49. The Labute approximate surface area is 122 Å². The Morgan fingerprint density at radius 1 is 1.25 bits per heavy atom. The number of allylic oxidation sites excluding steroid dienone is 2. The third kappa shape index (κ3) is 1.68. The maximum Gasteiger partial charge on any atom is 0.119 e. The molecule has 0 heterocycles. The van der Waals surface area contributed by atoms with E-state index in [2.05, 4.69) is 37.3 Å². The molecule has 0 spiro atoms. The predicted molar refractivity (Wildman–Crippen MR) is 82.1 cm³/mol. The normalized spacial score (nSPS) is 38.0. The van der Waals surface area contributed by atoms with E-state index < -0.39 is 0 Å². The second-order valence-electron chi connectivity index (χ2n) is 7.16. The van der Waals surface area contributed by atoms with E-state index in [0.717, 1.165) is 23.5 Å². The molecule has 1 aromatic rings. The summed E-state index contributed by atoms with van der Waals surface area (Å²) in [6.07, 6.45) is 11.6. The second-order valence-corrected chi connectivity index (χ2v) is 7.16. The molecule has 3 aliphatic rings. The molecule has 1 nitrogen and oxygen atoms in total. The maximum absolute atomic E-state index is 5.39. The van der Waals surface area contributed by atoms with Crippen molar-refractivity contribution >= 4 is 0 Å². The number of aryl methyl sites for hydroxylation is 1. The zero-order valence-corrected chi connectivity index (χ0v) is 12.6. The highest BCUT2D eigenvalue weighted by Crippen LogP contribution is 2.58. The van der Waals surface area contributed by atoms with E-state index >= 15 is 0 Å². The minimum atomic E-state index is 0.491. The van der Waals surface area contributed by atoms with Crippen molar-refractivity contribution in [2.24, 2.45) is 17.3 Å². The summed E-state index contributed by atoms with van der Waals surface area (Å²) < 4.78 is 5.39. The molecular formula is C19H24O. The Kier molecular flexibility index (Phi) is 2.73. The van der Waals surface area contributed by atoms with Gasteiger partial charge in [0.1, 0.15) is 5.75 Å². The molecule has 0 unspecified atom stereocenters. The van der Waals surface area contributed by atoms with Gasteiger partial charge >= 0.3 is 0 Å². The van der Waals surface area contributed by atoms with Gasteiger partial charge in [0.25, 0.3) is 0 Å². The van der Waals surface area contributed by atoms with Crippen molar-refractivity contribution in [3.63, 3.8) is 0 Å². The molecule has 4 rings (SSSR count). The molecule has 0 amide bonds. The Morgan fingerprint density at radius 3 is 3.00 bits per heavy atom. The van der Waals surface area contributed by atoms with Gasteiger partial charge in [-0.3, -0.25) is 0 Å². The van der Waals surface area contributed by atoms with E-state index in [9.17, 15) is 0 Å². The minimum Gasteiger partial charge on any atom is -0.497 e. The zero-order chi connectivity index (χ0) is 13.7. The van der Waals surface area contributed by atoms with Crippen molar-refractivity contribution in [1.82, 2.24) is 0 Å².